The fourth-order valence-electron chi connectivity index (χ4n) is 5.70. The number of aliphatic hydroxyl groups is 1. The molecule has 38 heavy (non-hydrogen) atoms. The first-order chi connectivity index (χ1) is 18.3. The molecule has 1 aliphatic carbocycles. The number of aliphatic imine (C=N–C) groups is 1. The molecule has 1 saturated carbocycles. The molecule has 3 N–H and O–H groups in total. The summed E-state index contributed by atoms with van der Waals surface area (Å²) in [5, 5.41) is 16.7. The first-order valence-corrected chi connectivity index (χ1v) is 14.0. The molecule has 4 rings (SSSR count). The highest BCUT2D eigenvalue weighted by Crippen LogP contribution is 2.35. The van der Waals surface area contributed by atoms with Crippen LogP contribution < -0.4 is 10.6 Å². The Hall–Kier alpha value is -2.97. The largest absolute Gasteiger partial charge is 0.480 e. The smallest absolute Gasteiger partial charge is 0.268 e. The van der Waals surface area contributed by atoms with Crippen LogP contribution in [0.4, 0.5) is 0 Å². The molecule has 1 aromatic rings. The van der Waals surface area contributed by atoms with Gasteiger partial charge in [0.2, 0.25) is 0 Å². The van der Waals surface area contributed by atoms with E-state index in [1.807, 2.05) is 19.9 Å². The van der Waals surface area contributed by atoms with Gasteiger partial charge in [0.1, 0.15) is 5.76 Å². The van der Waals surface area contributed by atoms with Crippen molar-refractivity contribution in [2.75, 3.05) is 20.1 Å². The number of carbonyl (C=O) groups excluding carboxylic acids is 2. The topological polar surface area (TPSA) is 103 Å². The third-order valence-corrected chi connectivity index (χ3v) is 8.15. The SMILES string of the molecule is C/N=C\C(=C/C1=C(C)OC2(CCCCCCC2)C(=O)N1)C(=O)NC[C@@H](O)[C@@H](C)N1CCc2ccccc2C1. The van der Waals surface area contributed by atoms with E-state index in [1.165, 1.54) is 23.8 Å². The zero-order chi connectivity index (χ0) is 27.1. The maximum Gasteiger partial charge on any atom is 0.268 e. The summed E-state index contributed by atoms with van der Waals surface area (Å²) in [6.07, 6.45) is 10.0. The number of carbonyl (C=O) groups is 2. The summed E-state index contributed by atoms with van der Waals surface area (Å²) in [5.41, 5.74) is 2.57. The summed E-state index contributed by atoms with van der Waals surface area (Å²) in [6.45, 7) is 5.57. The van der Waals surface area contributed by atoms with Crippen LogP contribution in [0.5, 0.6) is 0 Å². The van der Waals surface area contributed by atoms with Crippen LogP contribution in [0.3, 0.4) is 0 Å². The summed E-state index contributed by atoms with van der Waals surface area (Å²) in [7, 11) is 1.59. The molecule has 2 atom stereocenters. The fourth-order valence-corrected chi connectivity index (χ4v) is 5.70. The minimum atomic E-state index is -0.821. The Morgan fingerprint density at radius 2 is 1.89 bits per heavy atom. The van der Waals surface area contributed by atoms with Gasteiger partial charge in [0.25, 0.3) is 11.8 Å². The van der Waals surface area contributed by atoms with Gasteiger partial charge in [-0.2, -0.15) is 0 Å². The van der Waals surface area contributed by atoms with Crippen LogP contribution in [0.1, 0.15) is 69.9 Å². The number of rotatable bonds is 7. The van der Waals surface area contributed by atoms with Crippen LogP contribution in [0, 0.1) is 0 Å². The van der Waals surface area contributed by atoms with Gasteiger partial charge in [0.05, 0.1) is 17.4 Å². The number of benzene rings is 1. The average molecular weight is 523 g/mol. The van der Waals surface area contributed by atoms with E-state index in [9.17, 15) is 14.7 Å². The second kappa shape index (κ2) is 12.7. The number of allylic oxidation sites excluding steroid dienone is 2. The molecule has 0 bridgehead atoms. The van der Waals surface area contributed by atoms with Gasteiger partial charge in [-0.1, -0.05) is 43.5 Å². The maximum atomic E-state index is 13.1. The van der Waals surface area contributed by atoms with Crippen molar-refractivity contribution >= 4 is 18.0 Å². The lowest BCUT2D eigenvalue weighted by atomic mass is 9.85. The normalized spacial score (nSPS) is 22.2. The summed E-state index contributed by atoms with van der Waals surface area (Å²) in [6, 6.07) is 8.28. The predicted octanol–water partition coefficient (Wildman–Crippen LogP) is 3.40. The number of hydrogen-bond acceptors (Lipinski definition) is 6. The highest BCUT2D eigenvalue weighted by Gasteiger charge is 2.43. The molecule has 2 amide bonds. The Bertz CT molecular complexity index is 1100. The zero-order valence-electron chi connectivity index (χ0n) is 23.0. The van der Waals surface area contributed by atoms with Crippen molar-refractivity contribution in [3.8, 4) is 0 Å². The molecule has 1 spiro atoms. The number of nitrogens with zero attached hydrogens (tertiary/aromatic N) is 2. The lowest BCUT2D eigenvalue weighted by molar-refractivity contribution is -0.147. The van der Waals surface area contributed by atoms with E-state index in [-0.39, 0.29) is 30.0 Å². The molecular formula is C30H42N4O4. The van der Waals surface area contributed by atoms with Crippen LogP contribution in [0.2, 0.25) is 0 Å². The first kappa shape index (κ1) is 28.0. The van der Waals surface area contributed by atoms with E-state index < -0.39 is 11.7 Å². The van der Waals surface area contributed by atoms with E-state index in [0.717, 1.165) is 45.2 Å². The van der Waals surface area contributed by atoms with Crippen molar-refractivity contribution in [1.29, 1.82) is 0 Å². The fraction of sp³-hybridized carbons (Fsp3) is 0.567. The number of amides is 2. The molecule has 3 aliphatic rings. The van der Waals surface area contributed by atoms with E-state index in [1.54, 1.807) is 13.1 Å². The van der Waals surface area contributed by atoms with Gasteiger partial charge in [-0.15, -0.1) is 0 Å². The Kier molecular flexibility index (Phi) is 9.39. The Morgan fingerprint density at radius 1 is 1.21 bits per heavy atom. The third-order valence-electron chi connectivity index (χ3n) is 8.15. The first-order valence-electron chi connectivity index (χ1n) is 14.0. The average Bonchev–Trinajstić information content (AvgIpc) is 2.90. The number of ether oxygens (including phenoxy) is 1. The standard InChI is InChI=1S/C30H42N4O4/c1-21(34-16-13-23-11-7-8-12-24(23)20-34)27(35)19-32-28(36)25(18-31-3)17-26-22(2)38-30(29(37)33-26)14-9-5-4-6-10-15-30/h7-8,11-12,17-18,21,27,35H,4-6,9-10,13-16,19-20H2,1-3H3,(H,32,36)(H,33,37)/b25-17+,31-18-/t21-,27-/m1/s1. The van der Waals surface area contributed by atoms with Crippen LogP contribution >= 0.6 is 0 Å². The number of hydrogen-bond donors (Lipinski definition) is 3. The van der Waals surface area contributed by atoms with E-state index in [0.29, 0.717) is 24.3 Å². The molecule has 8 heteroatoms. The highest BCUT2D eigenvalue weighted by molar-refractivity contribution is 6.12. The van der Waals surface area contributed by atoms with Crippen LogP contribution in [-0.4, -0.2) is 65.9 Å². The van der Waals surface area contributed by atoms with Crippen LogP contribution in [-0.2, 0) is 27.3 Å². The summed E-state index contributed by atoms with van der Waals surface area (Å²) >= 11 is 0. The molecule has 0 aromatic heterocycles. The van der Waals surface area contributed by atoms with Crippen molar-refractivity contribution in [3.05, 3.63) is 58.5 Å². The van der Waals surface area contributed by atoms with E-state index >= 15 is 0 Å². The van der Waals surface area contributed by atoms with Gasteiger partial charge in [-0.25, -0.2) is 0 Å². The van der Waals surface area contributed by atoms with Crippen molar-refractivity contribution in [1.82, 2.24) is 15.5 Å². The predicted molar refractivity (Wildman–Crippen MR) is 149 cm³/mol. The third kappa shape index (κ3) is 6.53. The monoisotopic (exact) mass is 522 g/mol. The lowest BCUT2D eigenvalue weighted by Gasteiger charge is -2.38. The summed E-state index contributed by atoms with van der Waals surface area (Å²) in [5.74, 6) is 0.0856. The highest BCUT2D eigenvalue weighted by atomic mass is 16.5. The molecule has 2 aliphatic heterocycles. The molecule has 8 nitrogen and oxygen atoms in total. The molecule has 206 valence electrons. The van der Waals surface area contributed by atoms with Gasteiger partial charge in [0, 0.05) is 38.9 Å². The number of nitrogens with one attached hydrogen (secondary N) is 2. The van der Waals surface area contributed by atoms with Crippen molar-refractivity contribution in [2.45, 2.75) is 89.5 Å². The quantitative estimate of drug-likeness (QED) is 0.376. The summed E-state index contributed by atoms with van der Waals surface area (Å²) < 4.78 is 6.26. The van der Waals surface area contributed by atoms with E-state index in [4.69, 9.17) is 4.74 Å². The molecule has 0 unspecified atom stereocenters. The molecule has 2 heterocycles. The Morgan fingerprint density at radius 3 is 2.61 bits per heavy atom. The lowest BCUT2D eigenvalue weighted by Crippen LogP contribution is -2.52. The maximum absolute atomic E-state index is 13.1. The van der Waals surface area contributed by atoms with Crippen molar-refractivity contribution in [3.63, 3.8) is 0 Å². The van der Waals surface area contributed by atoms with Crippen molar-refractivity contribution < 1.29 is 19.4 Å². The number of aliphatic hydroxyl groups excluding tert-OH is 1. The van der Waals surface area contributed by atoms with Gasteiger partial charge in [-0.3, -0.25) is 19.5 Å². The minimum Gasteiger partial charge on any atom is -0.480 e. The second-order valence-electron chi connectivity index (χ2n) is 10.8. The molecule has 0 radical (unpaired) electrons. The molecule has 1 aromatic carbocycles. The Balaban J connectivity index is 1.39. The van der Waals surface area contributed by atoms with Gasteiger partial charge in [0.15, 0.2) is 5.60 Å². The van der Waals surface area contributed by atoms with Crippen LogP contribution in [0.25, 0.3) is 0 Å². The van der Waals surface area contributed by atoms with E-state index in [2.05, 4.69) is 38.7 Å². The van der Waals surface area contributed by atoms with Crippen molar-refractivity contribution in [2.24, 2.45) is 4.99 Å². The van der Waals surface area contributed by atoms with Crippen LogP contribution in [0.15, 0.2) is 52.4 Å². The number of fused-ring (bicyclic) bond motifs is 1. The zero-order valence-corrected chi connectivity index (χ0v) is 23.0. The molecule has 1 fully saturated rings. The molecule has 0 saturated heterocycles. The minimum absolute atomic E-state index is 0.108. The van der Waals surface area contributed by atoms with Gasteiger partial charge >= 0.3 is 0 Å². The second-order valence-corrected chi connectivity index (χ2v) is 10.8. The Labute approximate surface area is 226 Å². The summed E-state index contributed by atoms with van der Waals surface area (Å²) in [4.78, 5) is 32.5. The molecular weight excluding hydrogens is 480 g/mol. The van der Waals surface area contributed by atoms with Gasteiger partial charge in [-0.05, 0) is 63.2 Å². The van der Waals surface area contributed by atoms with Gasteiger partial charge < -0.3 is 20.5 Å².